The summed E-state index contributed by atoms with van der Waals surface area (Å²) in [7, 11) is 5.94. The Morgan fingerprint density at radius 3 is 1.21 bits per heavy atom. The Kier molecular flexibility index (Phi) is 47.9. The van der Waals surface area contributed by atoms with E-state index in [1.54, 1.807) is 0 Å². The van der Waals surface area contributed by atoms with Crippen molar-refractivity contribution in [2.45, 2.75) is 200 Å². The predicted molar refractivity (Wildman–Crippen MR) is 294 cm³/mol. The zero-order valence-corrected chi connectivity index (χ0v) is 44.9. The van der Waals surface area contributed by atoms with Gasteiger partial charge in [0.2, 0.25) is 0 Å². The zero-order chi connectivity index (χ0) is 51.3. The molecule has 0 aromatic heterocycles. The van der Waals surface area contributed by atoms with Crippen molar-refractivity contribution in [1.82, 2.24) is 0 Å². The predicted octanol–water partition coefficient (Wildman–Crippen LogP) is 15.7. The average molecular weight is 975 g/mol. The Morgan fingerprint density at radius 1 is 0.443 bits per heavy atom. The monoisotopic (exact) mass is 975 g/mol. The first-order valence-corrected chi connectivity index (χ1v) is 27.2. The highest BCUT2D eigenvalue weighted by Gasteiger charge is 2.25. The lowest BCUT2D eigenvalue weighted by atomic mass is 10.1. The normalized spacial score (nSPS) is 13.8. The number of rotatable bonds is 48. The van der Waals surface area contributed by atoms with Crippen LogP contribution >= 0.6 is 0 Å². The second kappa shape index (κ2) is 51.1. The summed E-state index contributed by atoms with van der Waals surface area (Å²) < 4.78 is 22.8. The van der Waals surface area contributed by atoms with Crippen molar-refractivity contribution in [3.8, 4) is 0 Å². The van der Waals surface area contributed by atoms with E-state index in [4.69, 9.17) is 18.9 Å². The molecule has 0 spiro atoms. The summed E-state index contributed by atoms with van der Waals surface area (Å²) in [6, 6.07) is 0. The molecule has 0 amide bonds. The largest absolute Gasteiger partial charge is 0.477 e. The highest BCUT2D eigenvalue weighted by Crippen LogP contribution is 2.12. The fraction of sp³-hybridized carbons (Fsp3) is 0.623. The van der Waals surface area contributed by atoms with Gasteiger partial charge in [-0.25, -0.2) is 4.79 Å². The molecule has 9 heteroatoms. The van der Waals surface area contributed by atoms with Crippen LogP contribution in [0.25, 0.3) is 0 Å². The highest BCUT2D eigenvalue weighted by molar-refractivity contribution is 5.71. The SMILES string of the molecule is CC/C=C\C/C=C\C/C=C\C/C=C\C/C=C\C/C=C\C/C=C\C/C=C\CCCCCCC(=O)OC(COC(=O)CCCCCCC/C=C\C/C=C\CCCCCC)COC(OCC[N+](C)(C)C)C(=O)O. The molecule has 0 heterocycles. The molecule has 0 saturated carbocycles. The molecule has 2 atom stereocenters. The molecule has 0 fully saturated rings. The molecule has 9 nitrogen and oxygen atoms in total. The number of aliphatic carboxylic acids is 1. The Hall–Kier alpha value is -4.31. The van der Waals surface area contributed by atoms with E-state index >= 15 is 0 Å². The molecule has 0 aromatic carbocycles. The van der Waals surface area contributed by atoms with E-state index in [1.807, 2.05) is 21.1 Å². The Morgan fingerprint density at radius 2 is 0.814 bits per heavy atom. The van der Waals surface area contributed by atoms with Gasteiger partial charge in [-0.1, -0.05) is 187 Å². The topological polar surface area (TPSA) is 108 Å². The van der Waals surface area contributed by atoms with Crippen molar-refractivity contribution in [3.63, 3.8) is 0 Å². The molecular weight excluding hydrogens is 875 g/mol. The van der Waals surface area contributed by atoms with Gasteiger partial charge in [0.1, 0.15) is 13.2 Å². The van der Waals surface area contributed by atoms with Crippen molar-refractivity contribution in [2.24, 2.45) is 0 Å². The van der Waals surface area contributed by atoms with Crippen LogP contribution in [-0.4, -0.2) is 87.4 Å². The number of carboxylic acid groups (broad SMARTS) is 1. The lowest BCUT2D eigenvalue weighted by Gasteiger charge is -2.25. The van der Waals surface area contributed by atoms with E-state index in [1.165, 1.54) is 32.1 Å². The van der Waals surface area contributed by atoms with Gasteiger partial charge in [0.05, 0.1) is 34.4 Å². The van der Waals surface area contributed by atoms with Crippen molar-refractivity contribution in [3.05, 3.63) is 122 Å². The number of hydrogen-bond donors (Lipinski definition) is 1. The maximum Gasteiger partial charge on any atom is 0.361 e. The van der Waals surface area contributed by atoms with E-state index in [0.717, 1.165) is 122 Å². The van der Waals surface area contributed by atoms with E-state index in [-0.39, 0.29) is 38.6 Å². The molecule has 0 bridgehead atoms. The van der Waals surface area contributed by atoms with Crippen LogP contribution in [0, 0.1) is 0 Å². The standard InChI is InChI=1S/C61H99NO8/c1-6-8-10-12-14-16-18-20-22-24-25-26-27-28-29-30-31-32-33-34-35-36-38-40-42-44-46-48-50-52-59(64)70-57(56-69-61(60(65)66)67-54-53-62(3,4)5)55-68-58(63)51-49-47-45-43-41-39-37-23-21-19-17-15-13-11-9-7-2/h8,10,14,16-17,19-20,22-23,25-26,28-29,31-32,34-35,37-38,40,57,61H,6-7,9,11-13,15,18,21,24,27,30,33,36,39,41-56H2,1-5H3/p+1/b10-8-,16-14-,19-17-,22-20-,26-25-,29-28-,32-31-,35-34-,37-23-,40-38-. The van der Waals surface area contributed by atoms with Crippen LogP contribution in [-0.2, 0) is 33.3 Å². The van der Waals surface area contributed by atoms with Crippen molar-refractivity contribution < 1.29 is 42.9 Å². The van der Waals surface area contributed by atoms with Gasteiger partial charge in [0.15, 0.2) is 6.10 Å². The molecule has 0 aliphatic carbocycles. The number of quaternary nitrogens is 1. The summed E-state index contributed by atoms with van der Waals surface area (Å²) >= 11 is 0. The zero-order valence-electron chi connectivity index (χ0n) is 44.9. The van der Waals surface area contributed by atoms with Gasteiger partial charge in [-0.3, -0.25) is 9.59 Å². The van der Waals surface area contributed by atoms with Crippen LogP contribution in [0.5, 0.6) is 0 Å². The van der Waals surface area contributed by atoms with Gasteiger partial charge in [-0.2, -0.15) is 0 Å². The first-order valence-electron chi connectivity index (χ1n) is 27.2. The van der Waals surface area contributed by atoms with Crippen molar-refractivity contribution >= 4 is 17.9 Å². The summed E-state index contributed by atoms with van der Waals surface area (Å²) in [5.74, 6) is -2.08. The van der Waals surface area contributed by atoms with E-state index in [9.17, 15) is 19.5 Å². The van der Waals surface area contributed by atoms with Crippen LogP contribution in [0.1, 0.15) is 187 Å². The lowest BCUT2D eigenvalue weighted by molar-refractivity contribution is -0.870. The smallest absolute Gasteiger partial charge is 0.361 e. The molecule has 0 aliphatic rings. The highest BCUT2D eigenvalue weighted by atomic mass is 16.7. The Bertz CT molecular complexity index is 1560. The summed E-state index contributed by atoms with van der Waals surface area (Å²) in [6.07, 6.45) is 68.4. The molecular formula is C61H100NO8+. The molecule has 0 radical (unpaired) electrons. The third-order valence-corrected chi connectivity index (χ3v) is 11.0. The third-order valence-electron chi connectivity index (χ3n) is 11.0. The number of esters is 2. The maximum absolute atomic E-state index is 12.8. The molecule has 2 unspecified atom stereocenters. The summed E-state index contributed by atoms with van der Waals surface area (Å²) in [5, 5.41) is 9.68. The number of likely N-dealkylation sites (N-methyl/N-ethyl adjacent to an activating group) is 1. The van der Waals surface area contributed by atoms with Crippen molar-refractivity contribution in [1.29, 1.82) is 0 Å². The average Bonchev–Trinajstić information content (AvgIpc) is 3.33. The van der Waals surface area contributed by atoms with Crippen LogP contribution in [0.3, 0.4) is 0 Å². The van der Waals surface area contributed by atoms with Gasteiger partial charge in [0.25, 0.3) is 6.29 Å². The number of carbonyl (C=O) groups is 3. The molecule has 0 aromatic rings. The van der Waals surface area contributed by atoms with Crippen LogP contribution in [0.4, 0.5) is 0 Å². The van der Waals surface area contributed by atoms with Gasteiger partial charge < -0.3 is 28.5 Å². The number of carboxylic acids is 1. The molecule has 0 saturated heterocycles. The van der Waals surface area contributed by atoms with E-state index < -0.39 is 24.3 Å². The minimum Gasteiger partial charge on any atom is -0.477 e. The number of carbonyl (C=O) groups excluding carboxylic acids is 2. The minimum absolute atomic E-state index is 0.173. The van der Waals surface area contributed by atoms with Gasteiger partial charge in [0, 0.05) is 12.8 Å². The second-order valence-corrected chi connectivity index (χ2v) is 18.8. The number of unbranched alkanes of at least 4 members (excludes halogenated alkanes) is 13. The first kappa shape index (κ1) is 65.7. The van der Waals surface area contributed by atoms with E-state index in [0.29, 0.717) is 17.4 Å². The van der Waals surface area contributed by atoms with Crippen LogP contribution < -0.4 is 0 Å². The fourth-order valence-corrected chi connectivity index (χ4v) is 6.76. The summed E-state index contributed by atoms with van der Waals surface area (Å²) in [5.41, 5.74) is 0. The summed E-state index contributed by atoms with van der Waals surface area (Å²) in [4.78, 5) is 37.3. The summed E-state index contributed by atoms with van der Waals surface area (Å²) in [6.45, 7) is 4.67. The fourth-order valence-electron chi connectivity index (χ4n) is 6.76. The lowest BCUT2D eigenvalue weighted by Crippen LogP contribution is -2.40. The molecule has 0 rings (SSSR count). The number of allylic oxidation sites excluding steroid dienone is 20. The number of ether oxygens (including phenoxy) is 4. The maximum atomic E-state index is 12.8. The number of nitrogens with zero attached hydrogens (tertiary/aromatic N) is 1. The second-order valence-electron chi connectivity index (χ2n) is 18.8. The van der Waals surface area contributed by atoms with Crippen LogP contribution in [0.15, 0.2) is 122 Å². The first-order chi connectivity index (χ1) is 34.1. The Labute approximate surface area is 427 Å². The molecule has 396 valence electrons. The van der Waals surface area contributed by atoms with Gasteiger partial charge in [-0.05, 0) is 109 Å². The van der Waals surface area contributed by atoms with E-state index in [2.05, 4.69) is 135 Å². The van der Waals surface area contributed by atoms with Crippen LogP contribution in [0.2, 0.25) is 0 Å². The minimum atomic E-state index is -1.53. The molecule has 0 aliphatic heterocycles. The Balaban J connectivity index is 4.40. The number of hydrogen-bond acceptors (Lipinski definition) is 7. The van der Waals surface area contributed by atoms with Gasteiger partial charge >= 0.3 is 17.9 Å². The quantitative estimate of drug-likeness (QED) is 0.0211. The molecule has 1 N–H and O–H groups in total. The van der Waals surface area contributed by atoms with Crippen molar-refractivity contribution in [2.75, 3.05) is 47.5 Å². The molecule has 70 heavy (non-hydrogen) atoms. The van der Waals surface area contributed by atoms with Gasteiger partial charge in [-0.15, -0.1) is 0 Å². The third kappa shape index (κ3) is 51.5.